The fraction of sp³-hybridized carbons (Fsp3) is 0.625. The molecule has 0 aliphatic heterocycles. The summed E-state index contributed by atoms with van der Waals surface area (Å²) in [4.78, 5) is 2.17. The van der Waals surface area contributed by atoms with Crippen LogP contribution in [0.4, 0.5) is 11.4 Å². The summed E-state index contributed by atoms with van der Waals surface area (Å²) >= 11 is 0. The Morgan fingerprint density at radius 2 is 1.79 bits per heavy atom. The van der Waals surface area contributed by atoms with Crippen molar-refractivity contribution in [2.24, 2.45) is 5.92 Å². The number of anilines is 2. The SMILES string of the molecule is CCC(Nc1ccc(N(CC)CCO)cc1)C(C)C. The Morgan fingerprint density at radius 3 is 2.21 bits per heavy atom. The topological polar surface area (TPSA) is 35.5 Å². The number of likely N-dealkylation sites (N-methyl/N-ethyl adjacent to an activating group) is 1. The van der Waals surface area contributed by atoms with E-state index in [9.17, 15) is 0 Å². The molecule has 1 rings (SSSR count). The molecule has 0 aliphatic carbocycles. The highest BCUT2D eigenvalue weighted by atomic mass is 16.3. The molecule has 19 heavy (non-hydrogen) atoms. The number of benzene rings is 1. The van der Waals surface area contributed by atoms with E-state index in [4.69, 9.17) is 5.11 Å². The fourth-order valence-corrected chi connectivity index (χ4v) is 2.31. The van der Waals surface area contributed by atoms with Gasteiger partial charge in [-0.15, -0.1) is 0 Å². The Bertz CT molecular complexity index is 348. The first-order chi connectivity index (χ1) is 9.12. The molecule has 2 N–H and O–H groups in total. The average Bonchev–Trinajstić information content (AvgIpc) is 2.42. The number of hydrogen-bond acceptors (Lipinski definition) is 3. The third kappa shape index (κ3) is 4.75. The molecule has 0 aliphatic rings. The summed E-state index contributed by atoms with van der Waals surface area (Å²) in [5, 5.41) is 12.6. The molecule has 1 aromatic rings. The summed E-state index contributed by atoms with van der Waals surface area (Å²) in [5.41, 5.74) is 2.34. The summed E-state index contributed by atoms with van der Waals surface area (Å²) in [6, 6.07) is 9.01. The van der Waals surface area contributed by atoms with E-state index >= 15 is 0 Å². The van der Waals surface area contributed by atoms with Crippen molar-refractivity contribution in [3.8, 4) is 0 Å². The molecule has 1 unspecified atom stereocenters. The lowest BCUT2D eigenvalue weighted by molar-refractivity contribution is 0.302. The molecule has 0 fully saturated rings. The van der Waals surface area contributed by atoms with Gasteiger partial charge in [-0.3, -0.25) is 0 Å². The van der Waals surface area contributed by atoms with E-state index in [2.05, 4.69) is 62.2 Å². The number of aliphatic hydroxyl groups is 1. The van der Waals surface area contributed by atoms with E-state index in [1.165, 1.54) is 11.4 Å². The van der Waals surface area contributed by atoms with Crippen LogP contribution >= 0.6 is 0 Å². The highest BCUT2D eigenvalue weighted by Gasteiger charge is 2.10. The monoisotopic (exact) mass is 264 g/mol. The van der Waals surface area contributed by atoms with E-state index in [0.717, 1.165) is 13.0 Å². The highest BCUT2D eigenvalue weighted by molar-refractivity contribution is 5.55. The van der Waals surface area contributed by atoms with Crippen molar-refractivity contribution in [3.63, 3.8) is 0 Å². The van der Waals surface area contributed by atoms with Gasteiger partial charge in [-0.05, 0) is 43.5 Å². The first-order valence-electron chi connectivity index (χ1n) is 7.34. The van der Waals surface area contributed by atoms with Gasteiger partial charge in [-0.1, -0.05) is 20.8 Å². The number of aliphatic hydroxyl groups excluding tert-OH is 1. The molecule has 0 radical (unpaired) electrons. The number of nitrogens with one attached hydrogen (secondary N) is 1. The summed E-state index contributed by atoms with van der Waals surface area (Å²) in [6.45, 7) is 10.6. The molecule has 0 amide bonds. The molecule has 0 bridgehead atoms. The van der Waals surface area contributed by atoms with Crippen LogP contribution in [0.1, 0.15) is 34.1 Å². The predicted molar refractivity (Wildman–Crippen MR) is 84.0 cm³/mol. The van der Waals surface area contributed by atoms with Gasteiger partial charge < -0.3 is 15.3 Å². The Hall–Kier alpha value is -1.22. The Morgan fingerprint density at radius 1 is 1.16 bits per heavy atom. The highest BCUT2D eigenvalue weighted by Crippen LogP contribution is 2.20. The summed E-state index contributed by atoms with van der Waals surface area (Å²) in [6.07, 6.45) is 1.13. The second kappa shape index (κ2) is 8.05. The maximum atomic E-state index is 9.04. The third-order valence-electron chi connectivity index (χ3n) is 3.58. The van der Waals surface area contributed by atoms with Gasteiger partial charge in [0, 0.05) is 30.5 Å². The first kappa shape index (κ1) is 15.8. The molecule has 108 valence electrons. The van der Waals surface area contributed by atoms with Crippen molar-refractivity contribution in [1.82, 2.24) is 0 Å². The van der Waals surface area contributed by atoms with Crippen molar-refractivity contribution in [2.75, 3.05) is 29.9 Å². The minimum Gasteiger partial charge on any atom is -0.395 e. The van der Waals surface area contributed by atoms with Crippen LogP contribution in [0, 0.1) is 5.92 Å². The van der Waals surface area contributed by atoms with E-state index < -0.39 is 0 Å². The molecule has 0 aromatic heterocycles. The Balaban J connectivity index is 2.70. The van der Waals surface area contributed by atoms with E-state index in [1.54, 1.807) is 0 Å². The first-order valence-corrected chi connectivity index (χ1v) is 7.34. The molecule has 0 saturated carbocycles. The predicted octanol–water partition coefficient (Wildman–Crippen LogP) is 3.35. The van der Waals surface area contributed by atoms with Gasteiger partial charge in [0.15, 0.2) is 0 Å². The molecular weight excluding hydrogens is 236 g/mol. The van der Waals surface area contributed by atoms with Crippen LogP contribution in [0.15, 0.2) is 24.3 Å². The molecule has 3 nitrogen and oxygen atoms in total. The summed E-state index contributed by atoms with van der Waals surface area (Å²) < 4.78 is 0. The van der Waals surface area contributed by atoms with Gasteiger partial charge in [0.2, 0.25) is 0 Å². The van der Waals surface area contributed by atoms with Crippen LogP contribution in [0.3, 0.4) is 0 Å². The second-order valence-electron chi connectivity index (χ2n) is 5.25. The van der Waals surface area contributed by atoms with Crippen LogP contribution < -0.4 is 10.2 Å². The maximum Gasteiger partial charge on any atom is 0.0606 e. The van der Waals surface area contributed by atoms with Crippen molar-refractivity contribution >= 4 is 11.4 Å². The zero-order chi connectivity index (χ0) is 14.3. The zero-order valence-electron chi connectivity index (χ0n) is 12.7. The van der Waals surface area contributed by atoms with Gasteiger partial charge >= 0.3 is 0 Å². The minimum absolute atomic E-state index is 0.194. The van der Waals surface area contributed by atoms with Crippen molar-refractivity contribution in [1.29, 1.82) is 0 Å². The number of rotatable bonds is 8. The van der Waals surface area contributed by atoms with Crippen LogP contribution in [-0.4, -0.2) is 30.8 Å². The largest absolute Gasteiger partial charge is 0.395 e. The quantitative estimate of drug-likeness (QED) is 0.756. The lowest BCUT2D eigenvalue weighted by Crippen LogP contribution is -2.26. The van der Waals surface area contributed by atoms with E-state index in [-0.39, 0.29) is 6.61 Å². The van der Waals surface area contributed by atoms with E-state index in [1.807, 2.05) is 0 Å². The van der Waals surface area contributed by atoms with Gasteiger partial charge in [0.1, 0.15) is 0 Å². The molecule has 0 heterocycles. The third-order valence-corrected chi connectivity index (χ3v) is 3.58. The molecule has 1 aromatic carbocycles. The molecule has 3 heteroatoms. The maximum absolute atomic E-state index is 9.04. The van der Waals surface area contributed by atoms with Gasteiger partial charge in [-0.2, -0.15) is 0 Å². The van der Waals surface area contributed by atoms with Crippen LogP contribution in [0.25, 0.3) is 0 Å². The number of nitrogens with zero attached hydrogens (tertiary/aromatic N) is 1. The van der Waals surface area contributed by atoms with Gasteiger partial charge in [0.25, 0.3) is 0 Å². The smallest absolute Gasteiger partial charge is 0.0606 e. The average molecular weight is 264 g/mol. The van der Waals surface area contributed by atoms with E-state index in [0.29, 0.717) is 18.5 Å². The molecule has 0 saturated heterocycles. The second-order valence-corrected chi connectivity index (χ2v) is 5.25. The standard InChI is InChI=1S/C16H28N2O/c1-5-16(13(3)4)17-14-7-9-15(10-8-14)18(6-2)11-12-19/h7-10,13,16-17,19H,5-6,11-12H2,1-4H3. The fourth-order valence-electron chi connectivity index (χ4n) is 2.31. The lowest BCUT2D eigenvalue weighted by atomic mass is 10.0. The van der Waals surface area contributed by atoms with Gasteiger partial charge in [-0.25, -0.2) is 0 Å². The lowest BCUT2D eigenvalue weighted by Gasteiger charge is -2.24. The Kier molecular flexibility index (Phi) is 6.71. The molecule has 0 spiro atoms. The van der Waals surface area contributed by atoms with Crippen molar-refractivity contribution in [2.45, 2.75) is 40.2 Å². The normalized spacial score (nSPS) is 12.5. The van der Waals surface area contributed by atoms with Gasteiger partial charge in [0.05, 0.1) is 6.61 Å². The van der Waals surface area contributed by atoms with Crippen LogP contribution in [0.2, 0.25) is 0 Å². The zero-order valence-corrected chi connectivity index (χ0v) is 12.7. The van der Waals surface area contributed by atoms with Crippen molar-refractivity contribution in [3.05, 3.63) is 24.3 Å². The molecular formula is C16H28N2O. The Labute approximate surface area is 117 Å². The van der Waals surface area contributed by atoms with Crippen LogP contribution in [-0.2, 0) is 0 Å². The number of hydrogen-bond donors (Lipinski definition) is 2. The summed E-state index contributed by atoms with van der Waals surface area (Å²) in [7, 11) is 0. The van der Waals surface area contributed by atoms with Crippen molar-refractivity contribution < 1.29 is 5.11 Å². The minimum atomic E-state index is 0.194. The molecule has 1 atom stereocenters. The van der Waals surface area contributed by atoms with Crippen LogP contribution in [0.5, 0.6) is 0 Å². The summed E-state index contributed by atoms with van der Waals surface area (Å²) in [5.74, 6) is 0.631.